The third-order valence-corrected chi connectivity index (χ3v) is 6.95. The normalized spacial score (nSPS) is 10.4. The van der Waals surface area contributed by atoms with Crippen molar-refractivity contribution in [2.75, 3.05) is 0 Å². The van der Waals surface area contributed by atoms with Crippen LogP contribution in [0.1, 0.15) is 49.9 Å². The predicted molar refractivity (Wildman–Crippen MR) is 188 cm³/mol. The van der Waals surface area contributed by atoms with Gasteiger partial charge in [0.05, 0.1) is 11.4 Å². The first-order valence-corrected chi connectivity index (χ1v) is 15.4. The molecule has 0 aliphatic carbocycles. The third-order valence-electron chi connectivity index (χ3n) is 6.95. The Morgan fingerprint density at radius 1 is 0.571 bits per heavy atom. The molecule has 5 rings (SSSR count). The van der Waals surface area contributed by atoms with Crippen LogP contribution in [0.25, 0.3) is 22.3 Å². The van der Waals surface area contributed by atoms with Gasteiger partial charge in [-0.3, -0.25) is 9.98 Å². The number of carbonyl (C=O) groups excluding carboxylic acids is 2. The predicted octanol–water partition coefficient (Wildman–Crippen LogP) is 6.57. The summed E-state index contributed by atoms with van der Waals surface area (Å²) in [6.07, 6.45) is 4.84. The SMILES string of the molecule is CC(=O)[O-].CC(=O)[O-].CCc1cc(-c2ccccc2)cc(C=Nc2cccc(N=Cc3cc(-c4ccccc4)cc(CC)c3O)c2)c1O.[Co+2]. The number of phenols is 2. The van der Waals surface area contributed by atoms with E-state index in [1.54, 1.807) is 12.4 Å². The van der Waals surface area contributed by atoms with Crippen molar-refractivity contribution in [2.45, 2.75) is 40.5 Å². The summed E-state index contributed by atoms with van der Waals surface area (Å²) in [4.78, 5) is 27.1. The number of nitrogens with zero attached hydrogens (tertiary/aromatic N) is 2. The summed E-state index contributed by atoms with van der Waals surface area (Å²) in [5.74, 6) is -1.67. The maximum Gasteiger partial charge on any atom is 2.00 e. The van der Waals surface area contributed by atoms with Crippen molar-refractivity contribution in [2.24, 2.45) is 9.98 Å². The average molecular weight is 702 g/mol. The molecule has 0 saturated carbocycles. The molecule has 0 fully saturated rings. The van der Waals surface area contributed by atoms with E-state index in [4.69, 9.17) is 19.8 Å². The number of carbonyl (C=O) groups is 2. The van der Waals surface area contributed by atoms with Crippen molar-refractivity contribution in [3.8, 4) is 33.8 Å². The van der Waals surface area contributed by atoms with Crippen molar-refractivity contribution in [3.05, 3.63) is 131 Å². The molecule has 0 unspecified atom stereocenters. The number of carboxylic acids is 2. The van der Waals surface area contributed by atoms with Crippen LogP contribution in [0.5, 0.6) is 11.5 Å². The monoisotopic (exact) mass is 701 g/mol. The first-order valence-electron chi connectivity index (χ1n) is 15.4. The summed E-state index contributed by atoms with van der Waals surface area (Å²) in [6, 6.07) is 35.8. The van der Waals surface area contributed by atoms with E-state index in [-0.39, 0.29) is 28.3 Å². The van der Waals surface area contributed by atoms with E-state index in [1.807, 2.05) is 98.8 Å². The Labute approximate surface area is 297 Å². The van der Waals surface area contributed by atoms with E-state index >= 15 is 0 Å². The number of hydrogen-bond acceptors (Lipinski definition) is 8. The van der Waals surface area contributed by atoms with Crippen LogP contribution in [-0.2, 0) is 39.2 Å². The molecule has 0 spiro atoms. The zero-order chi connectivity index (χ0) is 35.1. The minimum Gasteiger partial charge on any atom is -0.550 e. The molecule has 8 nitrogen and oxygen atoms in total. The molecule has 2 N–H and O–H groups in total. The third kappa shape index (κ3) is 12.6. The Kier molecular flexibility index (Phi) is 16.2. The van der Waals surface area contributed by atoms with Crippen LogP contribution in [0.15, 0.2) is 119 Å². The van der Waals surface area contributed by atoms with E-state index in [1.165, 1.54) is 0 Å². The van der Waals surface area contributed by atoms with Crippen molar-refractivity contribution in [3.63, 3.8) is 0 Å². The number of hydrogen-bond donors (Lipinski definition) is 2. The van der Waals surface area contributed by atoms with Gasteiger partial charge in [-0.15, -0.1) is 0 Å². The first-order chi connectivity index (χ1) is 23.0. The molecule has 0 aliphatic rings. The van der Waals surface area contributed by atoms with Gasteiger partial charge in [-0.1, -0.05) is 80.6 Å². The summed E-state index contributed by atoms with van der Waals surface area (Å²) >= 11 is 0. The molecule has 0 saturated heterocycles. The largest absolute Gasteiger partial charge is 2.00 e. The number of phenolic OH excluding ortho intramolecular Hbond substituents is 2. The Morgan fingerprint density at radius 2 is 0.918 bits per heavy atom. The van der Waals surface area contributed by atoms with Crippen molar-refractivity contribution in [1.82, 2.24) is 0 Å². The summed E-state index contributed by atoms with van der Waals surface area (Å²) in [5.41, 5.74) is 8.79. The molecule has 49 heavy (non-hydrogen) atoms. The number of carboxylic acid groups (broad SMARTS) is 2. The molecule has 5 aromatic rings. The van der Waals surface area contributed by atoms with Gasteiger partial charge >= 0.3 is 16.8 Å². The topological polar surface area (TPSA) is 145 Å². The van der Waals surface area contributed by atoms with Crippen LogP contribution >= 0.6 is 0 Å². The minimum absolute atomic E-state index is 0. The van der Waals surface area contributed by atoms with Crippen LogP contribution in [0.2, 0.25) is 0 Å². The van der Waals surface area contributed by atoms with Gasteiger partial charge in [0, 0.05) is 35.5 Å². The van der Waals surface area contributed by atoms with Gasteiger partial charge in [0.15, 0.2) is 0 Å². The van der Waals surface area contributed by atoms with E-state index in [9.17, 15) is 10.2 Å². The molecule has 0 heterocycles. The molecule has 0 aliphatic heterocycles. The number of aromatic hydroxyl groups is 2. The van der Waals surface area contributed by atoms with Crippen LogP contribution in [0.3, 0.4) is 0 Å². The summed E-state index contributed by atoms with van der Waals surface area (Å²) < 4.78 is 0. The standard InChI is InChI=1S/C36H32N2O2.2C2H4O2.Co/c1-3-25-18-29(27-12-7-5-8-13-27)20-31(35(25)39)23-37-33-16-11-17-34(22-33)38-24-32-21-30(19-26(4-2)36(32)40)28-14-9-6-10-15-28;2*1-2(3)4;/h5-24,39-40H,3-4H2,1-2H3;2*1H3,(H,3,4);/q;;;+2/p-2. The van der Waals surface area contributed by atoms with Crippen molar-refractivity contribution in [1.29, 1.82) is 0 Å². The second-order valence-corrected chi connectivity index (χ2v) is 10.6. The quantitative estimate of drug-likeness (QED) is 0.175. The summed E-state index contributed by atoms with van der Waals surface area (Å²) in [7, 11) is 0. The molecule has 253 valence electrons. The summed E-state index contributed by atoms with van der Waals surface area (Å²) in [6.45, 7) is 6.01. The number of aryl methyl sites for hydroxylation is 2. The first kappa shape index (κ1) is 39.7. The molecule has 1 radical (unpaired) electrons. The van der Waals surface area contributed by atoms with Gasteiger partial charge < -0.3 is 30.0 Å². The average Bonchev–Trinajstić information content (AvgIpc) is 3.08. The van der Waals surface area contributed by atoms with Crippen LogP contribution in [0, 0.1) is 0 Å². The molecular formula is C40H38CoN2O6. The van der Waals surface area contributed by atoms with Gasteiger partial charge in [0.2, 0.25) is 0 Å². The van der Waals surface area contributed by atoms with E-state index in [2.05, 4.69) is 34.3 Å². The summed E-state index contributed by atoms with van der Waals surface area (Å²) in [5, 5.41) is 39.5. The van der Waals surface area contributed by atoms with Crippen molar-refractivity contribution >= 4 is 35.7 Å². The van der Waals surface area contributed by atoms with E-state index < -0.39 is 11.9 Å². The molecule has 0 amide bonds. The number of rotatable bonds is 8. The van der Waals surface area contributed by atoms with Crippen LogP contribution in [-0.4, -0.2) is 34.6 Å². The molecule has 0 bridgehead atoms. The number of aliphatic carboxylic acids is 2. The van der Waals surface area contributed by atoms with Crippen LogP contribution < -0.4 is 10.2 Å². The van der Waals surface area contributed by atoms with Gasteiger partial charge in [-0.2, -0.15) is 0 Å². The Bertz CT molecular complexity index is 1750. The smallest absolute Gasteiger partial charge is 0.550 e. The molecule has 0 aromatic heterocycles. The molecule has 5 aromatic carbocycles. The molecule has 0 atom stereocenters. The fourth-order valence-electron chi connectivity index (χ4n) is 4.71. The van der Waals surface area contributed by atoms with Crippen LogP contribution in [0.4, 0.5) is 11.4 Å². The molecular weight excluding hydrogens is 663 g/mol. The maximum atomic E-state index is 10.8. The second kappa shape index (κ2) is 20.0. The number of aliphatic imine (C=N–C) groups is 2. The fourth-order valence-corrected chi connectivity index (χ4v) is 4.71. The Morgan fingerprint density at radius 3 is 1.24 bits per heavy atom. The van der Waals surface area contributed by atoms with Gasteiger partial charge in [0.25, 0.3) is 0 Å². The second-order valence-electron chi connectivity index (χ2n) is 10.6. The minimum atomic E-state index is -1.08. The zero-order valence-corrected chi connectivity index (χ0v) is 28.8. The van der Waals surface area contributed by atoms with Gasteiger partial charge in [-0.05, 0) is 103 Å². The van der Waals surface area contributed by atoms with Crippen molar-refractivity contribution < 1.29 is 46.8 Å². The maximum absolute atomic E-state index is 10.8. The molecule has 9 heteroatoms. The van der Waals surface area contributed by atoms with E-state index in [0.717, 1.165) is 60.1 Å². The van der Waals surface area contributed by atoms with Gasteiger partial charge in [0.1, 0.15) is 11.5 Å². The number of benzene rings is 5. The van der Waals surface area contributed by atoms with E-state index in [0.29, 0.717) is 22.5 Å². The fraction of sp³-hybridized carbons (Fsp3) is 0.150. The zero-order valence-electron chi connectivity index (χ0n) is 27.7. The Balaban J connectivity index is 0.000000837. The Hall–Kier alpha value is -5.51. The van der Waals surface area contributed by atoms with Gasteiger partial charge in [-0.25, -0.2) is 0 Å².